The molecule has 3 nitrogen and oxygen atoms in total. The molecule has 6 heteroatoms. The van der Waals surface area contributed by atoms with Crippen molar-refractivity contribution in [1.29, 1.82) is 0 Å². The molecule has 0 radical (unpaired) electrons. The summed E-state index contributed by atoms with van der Waals surface area (Å²) in [6.07, 6.45) is 0.537. The van der Waals surface area contributed by atoms with Gasteiger partial charge in [-0.2, -0.15) is 12.6 Å². The molecule has 0 bridgehead atoms. The summed E-state index contributed by atoms with van der Waals surface area (Å²) in [7, 11) is 0. The minimum Gasteiger partial charge on any atom is -0.288 e. The molecule has 1 aromatic carbocycles. The summed E-state index contributed by atoms with van der Waals surface area (Å²) in [5, 5.41) is 2.60. The van der Waals surface area contributed by atoms with Crippen molar-refractivity contribution in [2.45, 2.75) is 6.42 Å². The van der Waals surface area contributed by atoms with Crippen molar-refractivity contribution < 1.29 is 9.18 Å². The van der Waals surface area contributed by atoms with E-state index in [-0.39, 0.29) is 11.7 Å². The summed E-state index contributed by atoms with van der Waals surface area (Å²) in [6.45, 7) is 0.679. The Bertz CT molecular complexity index is 626. The second kappa shape index (κ2) is 5.54. The number of hydrogen-bond donors (Lipinski definition) is 1. The molecule has 104 valence electrons. The molecule has 0 spiro atoms. The highest BCUT2D eigenvalue weighted by Gasteiger charge is 2.31. The Morgan fingerprint density at radius 1 is 1.40 bits per heavy atom. The van der Waals surface area contributed by atoms with Crippen LogP contribution in [0.5, 0.6) is 0 Å². The van der Waals surface area contributed by atoms with Gasteiger partial charge >= 0.3 is 0 Å². The van der Waals surface area contributed by atoms with Gasteiger partial charge in [0.2, 0.25) is 5.91 Å². The molecule has 1 aliphatic rings. The summed E-state index contributed by atoms with van der Waals surface area (Å²) in [5.41, 5.74) is 1.62. The van der Waals surface area contributed by atoms with E-state index in [4.69, 9.17) is 0 Å². The van der Waals surface area contributed by atoms with Crippen LogP contribution < -0.4 is 4.90 Å². The van der Waals surface area contributed by atoms with Gasteiger partial charge in [-0.1, -0.05) is 0 Å². The van der Waals surface area contributed by atoms with E-state index >= 15 is 0 Å². The lowest BCUT2D eigenvalue weighted by molar-refractivity contribution is -0.117. The number of carbonyl (C=O) groups excluding carboxylic acids is 1. The highest BCUT2D eigenvalue weighted by atomic mass is 32.1. The fraction of sp³-hybridized carbons (Fsp3) is 0.286. The molecule has 1 amide bonds. The maximum atomic E-state index is 12.9. The minimum atomic E-state index is -0.268. The van der Waals surface area contributed by atoms with Crippen LogP contribution in [0, 0.1) is 11.7 Å². The molecule has 1 aliphatic heterocycles. The Balaban J connectivity index is 1.83. The minimum absolute atomic E-state index is 0.101. The average molecular weight is 308 g/mol. The molecule has 1 atom stereocenters. The van der Waals surface area contributed by atoms with Gasteiger partial charge in [-0.05, 0) is 35.9 Å². The van der Waals surface area contributed by atoms with Crippen molar-refractivity contribution >= 4 is 35.0 Å². The standard InChI is InChI=1S/C14H13FN2OS2/c15-11-3-1-10(2-4-11)12-8-20-14(16-12)17-6-9(7-19)5-13(17)18/h1-4,8-9,19H,5-7H2. The van der Waals surface area contributed by atoms with Crippen LogP contribution in [0.4, 0.5) is 9.52 Å². The van der Waals surface area contributed by atoms with Crippen LogP contribution in [0.1, 0.15) is 6.42 Å². The Morgan fingerprint density at radius 2 is 2.15 bits per heavy atom. The van der Waals surface area contributed by atoms with Crippen LogP contribution in [-0.4, -0.2) is 23.2 Å². The number of amides is 1. The van der Waals surface area contributed by atoms with Crippen LogP contribution in [-0.2, 0) is 4.79 Å². The van der Waals surface area contributed by atoms with E-state index < -0.39 is 0 Å². The largest absolute Gasteiger partial charge is 0.288 e. The van der Waals surface area contributed by atoms with E-state index in [0.29, 0.717) is 29.8 Å². The summed E-state index contributed by atoms with van der Waals surface area (Å²) in [6, 6.07) is 6.20. The molecule has 2 heterocycles. The van der Waals surface area contributed by atoms with Gasteiger partial charge in [-0.3, -0.25) is 9.69 Å². The van der Waals surface area contributed by atoms with E-state index in [2.05, 4.69) is 17.6 Å². The third-order valence-electron chi connectivity index (χ3n) is 3.33. The number of aromatic nitrogens is 1. The van der Waals surface area contributed by atoms with Crippen molar-refractivity contribution in [3.05, 3.63) is 35.5 Å². The van der Waals surface area contributed by atoms with E-state index in [1.54, 1.807) is 17.0 Å². The molecule has 0 N–H and O–H groups in total. The third-order valence-corrected chi connectivity index (χ3v) is 4.71. The number of rotatable bonds is 3. The number of halogens is 1. The average Bonchev–Trinajstić information content (AvgIpc) is 3.06. The van der Waals surface area contributed by atoms with Crippen LogP contribution in [0.25, 0.3) is 11.3 Å². The zero-order chi connectivity index (χ0) is 14.1. The van der Waals surface area contributed by atoms with Crippen LogP contribution >= 0.6 is 24.0 Å². The van der Waals surface area contributed by atoms with E-state index in [0.717, 1.165) is 11.3 Å². The van der Waals surface area contributed by atoms with Gasteiger partial charge in [0.25, 0.3) is 0 Å². The van der Waals surface area contributed by atoms with Gasteiger partial charge in [0, 0.05) is 23.9 Å². The monoisotopic (exact) mass is 308 g/mol. The Morgan fingerprint density at radius 3 is 2.80 bits per heavy atom. The van der Waals surface area contributed by atoms with Crippen LogP contribution in [0.3, 0.4) is 0 Å². The number of nitrogens with zero attached hydrogens (tertiary/aromatic N) is 2. The van der Waals surface area contributed by atoms with Gasteiger partial charge in [-0.25, -0.2) is 9.37 Å². The SMILES string of the molecule is O=C1CC(CS)CN1c1nc(-c2ccc(F)cc2)cs1. The van der Waals surface area contributed by atoms with Gasteiger partial charge < -0.3 is 0 Å². The number of carbonyl (C=O) groups is 1. The normalized spacial score (nSPS) is 18.8. The number of thiol groups is 1. The van der Waals surface area contributed by atoms with Gasteiger partial charge in [-0.15, -0.1) is 11.3 Å². The first-order valence-corrected chi connectivity index (χ1v) is 7.81. The third kappa shape index (κ3) is 2.58. The van der Waals surface area contributed by atoms with Crippen molar-refractivity contribution in [2.24, 2.45) is 5.92 Å². The summed E-state index contributed by atoms with van der Waals surface area (Å²) >= 11 is 5.69. The lowest BCUT2D eigenvalue weighted by atomic mass is 10.1. The second-order valence-electron chi connectivity index (χ2n) is 4.78. The lowest BCUT2D eigenvalue weighted by Crippen LogP contribution is -2.24. The maximum absolute atomic E-state index is 12.9. The number of hydrogen-bond acceptors (Lipinski definition) is 4. The van der Waals surface area contributed by atoms with Gasteiger partial charge in [0.15, 0.2) is 5.13 Å². The Kier molecular flexibility index (Phi) is 3.76. The molecule has 0 aliphatic carbocycles. The molecule has 1 aromatic heterocycles. The molecule has 0 saturated carbocycles. The van der Waals surface area contributed by atoms with E-state index in [1.165, 1.54) is 23.5 Å². The van der Waals surface area contributed by atoms with Crippen molar-refractivity contribution in [2.75, 3.05) is 17.2 Å². The molecule has 20 heavy (non-hydrogen) atoms. The topological polar surface area (TPSA) is 33.2 Å². The molecule has 1 unspecified atom stereocenters. The van der Waals surface area contributed by atoms with E-state index in [1.807, 2.05) is 5.38 Å². The van der Waals surface area contributed by atoms with Crippen molar-refractivity contribution in [3.8, 4) is 11.3 Å². The van der Waals surface area contributed by atoms with Crippen LogP contribution in [0.2, 0.25) is 0 Å². The first-order chi connectivity index (χ1) is 9.67. The Labute approximate surface area is 125 Å². The fourth-order valence-electron chi connectivity index (χ4n) is 2.23. The zero-order valence-corrected chi connectivity index (χ0v) is 12.3. The van der Waals surface area contributed by atoms with E-state index in [9.17, 15) is 9.18 Å². The van der Waals surface area contributed by atoms with Gasteiger partial charge in [0.05, 0.1) is 5.69 Å². The predicted molar refractivity (Wildman–Crippen MR) is 81.8 cm³/mol. The number of benzene rings is 1. The molecule has 2 aromatic rings. The van der Waals surface area contributed by atoms with Gasteiger partial charge in [0.1, 0.15) is 5.82 Å². The first-order valence-electron chi connectivity index (χ1n) is 6.30. The fourth-order valence-corrected chi connectivity index (χ4v) is 3.34. The Hall–Kier alpha value is -1.40. The number of thiazole rings is 1. The van der Waals surface area contributed by atoms with Crippen molar-refractivity contribution in [3.63, 3.8) is 0 Å². The second-order valence-corrected chi connectivity index (χ2v) is 5.98. The number of anilines is 1. The van der Waals surface area contributed by atoms with Crippen molar-refractivity contribution in [1.82, 2.24) is 4.98 Å². The zero-order valence-electron chi connectivity index (χ0n) is 10.6. The van der Waals surface area contributed by atoms with Crippen LogP contribution in [0.15, 0.2) is 29.6 Å². The summed E-state index contributed by atoms with van der Waals surface area (Å²) < 4.78 is 12.9. The lowest BCUT2D eigenvalue weighted by Gasteiger charge is -2.11. The highest BCUT2D eigenvalue weighted by molar-refractivity contribution is 7.80. The smallest absolute Gasteiger partial charge is 0.229 e. The molecular weight excluding hydrogens is 295 g/mol. The first kappa shape index (κ1) is 13.6. The molecule has 3 rings (SSSR count). The quantitative estimate of drug-likeness (QED) is 0.883. The highest BCUT2D eigenvalue weighted by Crippen LogP contribution is 2.31. The molecule has 1 fully saturated rings. The summed E-state index contributed by atoms with van der Waals surface area (Å²) in [4.78, 5) is 18.2. The molecule has 1 saturated heterocycles. The predicted octanol–water partition coefficient (Wildman–Crippen LogP) is 3.23. The summed E-state index contributed by atoms with van der Waals surface area (Å²) in [5.74, 6) is 0.835. The molecular formula is C14H13FN2OS2. The maximum Gasteiger partial charge on any atom is 0.229 e.